The van der Waals surface area contributed by atoms with Crippen molar-refractivity contribution in [2.24, 2.45) is 5.92 Å². The number of carbonyl (C=O) groups is 2. The van der Waals surface area contributed by atoms with Crippen LogP contribution < -0.4 is 9.64 Å². The van der Waals surface area contributed by atoms with Crippen LogP contribution in [0.2, 0.25) is 5.02 Å². The number of hydrogen-bond acceptors (Lipinski definition) is 4. The number of anilines is 1. The molecule has 3 aromatic rings. The van der Waals surface area contributed by atoms with Crippen molar-refractivity contribution < 1.29 is 19.4 Å². The van der Waals surface area contributed by atoms with Gasteiger partial charge < -0.3 is 9.84 Å². The van der Waals surface area contributed by atoms with Crippen LogP contribution in [-0.4, -0.2) is 24.0 Å². The van der Waals surface area contributed by atoms with E-state index in [4.69, 9.17) is 16.3 Å². The van der Waals surface area contributed by atoms with Crippen LogP contribution in [0.4, 0.5) is 5.69 Å². The molecule has 3 aromatic carbocycles. The number of fused-ring (bicyclic) bond motifs is 1. The third kappa shape index (κ3) is 3.38. The Balaban J connectivity index is 1.81. The monoisotopic (exact) mass is 485 g/mol. The molecule has 3 atom stereocenters. The lowest BCUT2D eigenvalue weighted by Crippen LogP contribution is -2.48. The summed E-state index contributed by atoms with van der Waals surface area (Å²) >= 11 is 6.23. The molecule has 2 aliphatic rings. The minimum Gasteiger partial charge on any atom is -0.508 e. The second-order valence-corrected chi connectivity index (χ2v) is 9.18. The fourth-order valence-electron chi connectivity index (χ4n) is 5.62. The topological polar surface area (TPSA) is 66.8 Å². The van der Waals surface area contributed by atoms with Gasteiger partial charge in [-0.25, -0.2) is 4.90 Å². The van der Waals surface area contributed by atoms with Gasteiger partial charge in [0.25, 0.3) is 0 Å². The number of ether oxygens (including phenoxy) is 1. The van der Waals surface area contributed by atoms with Gasteiger partial charge in [-0.1, -0.05) is 72.8 Å². The highest BCUT2D eigenvalue weighted by atomic mass is 35.5. The maximum absolute atomic E-state index is 14.6. The molecule has 0 spiro atoms. The van der Waals surface area contributed by atoms with E-state index < -0.39 is 17.3 Å². The Morgan fingerprint density at radius 1 is 1.09 bits per heavy atom. The van der Waals surface area contributed by atoms with E-state index in [1.54, 1.807) is 42.5 Å². The molecule has 1 fully saturated rings. The summed E-state index contributed by atoms with van der Waals surface area (Å²) in [5.74, 6) is -1.49. The van der Waals surface area contributed by atoms with E-state index in [0.29, 0.717) is 34.0 Å². The molecule has 5 rings (SSSR count). The quantitative estimate of drug-likeness (QED) is 0.465. The fourth-order valence-corrected chi connectivity index (χ4v) is 5.80. The normalized spacial score (nSPS) is 23.6. The summed E-state index contributed by atoms with van der Waals surface area (Å²) in [5, 5.41) is 11.5. The summed E-state index contributed by atoms with van der Waals surface area (Å²) in [7, 11) is 1.52. The molecule has 1 N–H and O–H groups in total. The van der Waals surface area contributed by atoms with Crippen molar-refractivity contribution >= 4 is 29.1 Å². The number of phenolic OH excluding ortho intramolecular Hbond substituents is 1. The van der Waals surface area contributed by atoms with Gasteiger partial charge >= 0.3 is 0 Å². The Kier molecular flexibility index (Phi) is 5.73. The van der Waals surface area contributed by atoms with E-state index in [1.165, 1.54) is 18.1 Å². The van der Waals surface area contributed by atoms with Crippen LogP contribution in [0, 0.1) is 5.92 Å². The molecule has 1 saturated heterocycles. The Morgan fingerprint density at radius 2 is 1.86 bits per heavy atom. The molecule has 2 amide bonds. The average Bonchev–Trinajstić information content (AvgIpc) is 3.11. The number of aromatic hydroxyl groups is 1. The van der Waals surface area contributed by atoms with E-state index in [0.717, 1.165) is 5.57 Å². The summed E-state index contributed by atoms with van der Waals surface area (Å²) in [6.07, 6.45) is 4.01. The van der Waals surface area contributed by atoms with Gasteiger partial charge in [0.1, 0.15) is 11.5 Å². The second-order valence-electron chi connectivity index (χ2n) is 8.75. The first-order valence-corrected chi connectivity index (χ1v) is 11.7. The lowest BCUT2D eigenvalue weighted by atomic mass is 9.56. The molecule has 0 unspecified atom stereocenters. The zero-order chi connectivity index (χ0) is 24.7. The van der Waals surface area contributed by atoms with E-state index in [1.807, 2.05) is 36.4 Å². The molecule has 0 saturated carbocycles. The Labute approximate surface area is 208 Å². The first-order valence-electron chi connectivity index (χ1n) is 11.3. The van der Waals surface area contributed by atoms with Gasteiger partial charge in [-0.3, -0.25) is 9.59 Å². The molecule has 1 aliphatic carbocycles. The SMILES string of the molecule is C=CC1=CC[C@H]2C(=O)N(c3cccc(Cl)c3)C(=O)[C@@]2(c2ccccc2)[C@H]1c1ccc(OC)cc1O. The van der Waals surface area contributed by atoms with Crippen LogP contribution in [0.5, 0.6) is 11.5 Å². The Bertz CT molecular complexity index is 1370. The van der Waals surface area contributed by atoms with Crippen molar-refractivity contribution in [1.29, 1.82) is 0 Å². The van der Waals surface area contributed by atoms with Crippen molar-refractivity contribution in [3.63, 3.8) is 0 Å². The predicted molar refractivity (Wildman–Crippen MR) is 136 cm³/mol. The molecular formula is C29H24ClNO4. The number of methoxy groups -OCH3 is 1. The van der Waals surface area contributed by atoms with Crippen molar-refractivity contribution in [3.8, 4) is 11.5 Å². The lowest BCUT2D eigenvalue weighted by molar-refractivity contribution is -0.123. The van der Waals surface area contributed by atoms with E-state index in [9.17, 15) is 14.7 Å². The van der Waals surface area contributed by atoms with E-state index >= 15 is 0 Å². The van der Waals surface area contributed by atoms with Crippen molar-refractivity contribution in [1.82, 2.24) is 0 Å². The summed E-state index contributed by atoms with van der Waals surface area (Å²) in [6, 6.07) is 21.1. The first-order chi connectivity index (χ1) is 16.9. The van der Waals surface area contributed by atoms with Crippen LogP contribution in [0.3, 0.4) is 0 Å². The van der Waals surface area contributed by atoms with E-state index in [-0.39, 0.29) is 17.6 Å². The number of nitrogens with zero attached hydrogens (tertiary/aromatic N) is 1. The van der Waals surface area contributed by atoms with Crippen LogP contribution in [0.15, 0.2) is 97.1 Å². The summed E-state index contributed by atoms with van der Waals surface area (Å²) in [4.78, 5) is 29.7. The number of imide groups is 1. The minimum atomic E-state index is -1.29. The highest BCUT2D eigenvalue weighted by molar-refractivity contribution is 6.32. The van der Waals surface area contributed by atoms with Gasteiger partial charge in [-0.2, -0.15) is 0 Å². The smallest absolute Gasteiger partial charge is 0.246 e. The maximum Gasteiger partial charge on any atom is 0.246 e. The molecule has 0 bridgehead atoms. The zero-order valence-corrected chi connectivity index (χ0v) is 19.9. The second kappa shape index (κ2) is 8.75. The number of phenols is 1. The summed E-state index contributed by atoms with van der Waals surface area (Å²) in [5.41, 5.74) is 1.15. The number of rotatable bonds is 5. The fraction of sp³-hybridized carbons (Fsp3) is 0.172. The van der Waals surface area contributed by atoms with Gasteiger partial charge in [-0.05, 0) is 41.8 Å². The third-order valence-corrected chi connectivity index (χ3v) is 7.34. The number of amides is 2. The number of halogens is 1. The highest BCUT2D eigenvalue weighted by Gasteiger charge is 2.66. The molecule has 0 radical (unpaired) electrons. The molecule has 1 heterocycles. The zero-order valence-electron chi connectivity index (χ0n) is 19.1. The molecule has 176 valence electrons. The highest BCUT2D eigenvalue weighted by Crippen LogP contribution is 2.59. The molecule has 0 aromatic heterocycles. The average molecular weight is 486 g/mol. The van der Waals surface area contributed by atoms with Crippen LogP contribution in [0.1, 0.15) is 23.5 Å². The van der Waals surface area contributed by atoms with Gasteiger partial charge in [-0.15, -0.1) is 0 Å². The molecule has 35 heavy (non-hydrogen) atoms. The first kappa shape index (κ1) is 22.9. The lowest BCUT2D eigenvalue weighted by Gasteiger charge is -2.43. The summed E-state index contributed by atoms with van der Waals surface area (Å²) in [6.45, 7) is 3.99. The largest absolute Gasteiger partial charge is 0.508 e. The van der Waals surface area contributed by atoms with Crippen LogP contribution >= 0.6 is 11.6 Å². The molecule has 6 heteroatoms. The molecule has 5 nitrogen and oxygen atoms in total. The van der Waals surface area contributed by atoms with Crippen molar-refractivity contribution in [2.75, 3.05) is 12.0 Å². The maximum atomic E-state index is 14.6. The van der Waals surface area contributed by atoms with Gasteiger partial charge in [0.05, 0.1) is 24.1 Å². The Morgan fingerprint density at radius 3 is 2.51 bits per heavy atom. The number of hydrogen-bond donors (Lipinski definition) is 1. The van der Waals surface area contributed by atoms with Crippen molar-refractivity contribution in [2.45, 2.75) is 17.8 Å². The van der Waals surface area contributed by atoms with Gasteiger partial charge in [0.2, 0.25) is 11.8 Å². The Hall–Kier alpha value is -3.83. The van der Waals surface area contributed by atoms with Crippen LogP contribution in [0.25, 0.3) is 0 Å². The van der Waals surface area contributed by atoms with E-state index in [2.05, 4.69) is 6.58 Å². The molecule has 1 aliphatic heterocycles. The predicted octanol–water partition coefficient (Wildman–Crippen LogP) is 5.78. The summed E-state index contributed by atoms with van der Waals surface area (Å²) < 4.78 is 5.27. The standard InChI is InChI=1S/C29H24ClNO4/c1-3-18-12-15-24-27(33)31(21-11-7-10-20(30)16-21)28(34)29(24,19-8-5-4-6-9-19)26(18)23-14-13-22(35-2)17-25(23)32/h3-14,16-17,24,26,32H,1,15H2,2H3/t24-,26+,29+/m0/s1. The van der Waals surface area contributed by atoms with Crippen LogP contribution in [-0.2, 0) is 15.0 Å². The number of allylic oxidation sites excluding steroid dienone is 3. The third-order valence-electron chi connectivity index (χ3n) is 7.11. The number of benzene rings is 3. The molecular weight excluding hydrogens is 462 g/mol. The van der Waals surface area contributed by atoms with Gasteiger partial charge in [0, 0.05) is 22.6 Å². The van der Waals surface area contributed by atoms with Crippen molar-refractivity contribution in [3.05, 3.63) is 113 Å². The number of carbonyl (C=O) groups excluding carboxylic acids is 2. The van der Waals surface area contributed by atoms with Gasteiger partial charge in [0.15, 0.2) is 0 Å². The minimum absolute atomic E-state index is 0.0143.